The molecular weight excluding hydrogens is 342 g/mol. The number of methoxy groups -OCH3 is 1. The number of amides is 2. The predicted molar refractivity (Wildman–Crippen MR) is 96.2 cm³/mol. The van der Waals surface area contributed by atoms with Crippen molar-refractivity contribution in [3.63, 3.8) is 0 Å². The van der Waals surface area contributed by atoms with Gasteiger partial charge in [0.25, 0.3) is 0 Å². The highest BCUT2D eigenvalue weighted by molar-refractivity contribution is 7.89. The molecule has 7 nitrogen and oxygen atoms in total. The first-order valence-corrected chi connectivity index (χ1v) is 9.75. The first-order valence-electron chi connectivity index (χ1n) is 8.31. The van der Waals surface area contributed by atoms with Gasteiger partial charge in [0.2, 0.25) is 10.0 Å². The van der Waals surface area contributed by atoms with E-state index >= 15 is 0 Å². The number of urea groups is 1. The van der Waals surface area contributed by atoms with Gasteiger partial charge in [0.1, 0.15) is 10.6 Å². The Bertz CT molecular complexity index is 705. The molecule has 0 aromatic heterocycles. The van der Waals surface area contributed by atoms with E-state index in [0.29, 0.717) is 25.4 Å². The van der Waals surface area contributed by atoms with Crippen LogP contribution in [0.2, 0.25) is 0 Å². The fourth-order valence-corrected chi connectivity index (χ4v) is 4.13. The summed E-state index contributed by atoms with van der Waals surface area (Å²) >= 11 is 0. The zero-order valence-electron chi connectivity index (χ0n) is 15.3. The monoisotopic (exact) mass is 369 g/mol. The molecule has 2 amide bonds. The summed E-state index contributed by atoms with van der Waals surface area (Å²) in [5.41, 5.74) is 0.00465. The summed E-state index contributed by atoms with van der Waals surface area (Å²) in [4.78, 5) is 14.0. The zero-order valence-corrected chi connectivity index (χ0v) is 16.1. The van der Waals surface area contributed by atoms with Gasteiger partial charge >= 0.3 is 6.03 Å². The summed E-state index contributed by atoms with van der Waals surface area (Å²) in [5.74, 6) is 0.327. The second-order valence-corrected chi connectivity index (χ2v) is 9.17. The molecule has 0 aliphatic carbocycles. The summed E-state index contributed by atoms with van der Waals surface area (Å²) in [6, 6.07) is 6.42. The molecule has 0 saturated carbocycles. The SMILES string of the molecule is COc1ccccc1S(=O)(=O)N1CCN(C(=O)NCC(C)(C)C)CC1. The molecule has 1 aliphatic rings. The molecule has 25 heavy (non-hydrogen) atoms. The Labute approximate surface area is 150 Å². The molecular formula is C17H27N3O4S. The molecule has 1 fully saturated rings. The number of carbonyl (C=O) groups is 1. The Morgan fingerprint density at radius 1 is 1.16 bits per heavy atom. The fraction of sp³-hybridized carbons (Fsp3) is 0.588. The maximum absolute atomic E-state index is 12.8. The average Bonchev–Trinajstić information content (AvgIpc) is 2.59. The molecule has 1 heterocycles. The van der Waals surface area contributed by atoms with Crippen molar-refractivity contribution in [3.8, 4) is 5.75 Å². The van der Waals surface area contributed by atoms with E-state index in [-0.39, 0.29) is 29.4 Å². The Morgan fingerprint density at radius 2 is 1.76 bits per heavy atom. The number of sulfonamides is 1. The minimum atomic E-state index is -3.64. The maximum atomic E-state index is 12.8. The molecule has 1 aromatic carbocycles. The molecule has 0 atom stereocenters. The molecule has 1 aromatic rings. The van der Waals surface area contributed by atoms with Gasteiger partial charge in [-0.2, -0.15) is 4.31 Å². The number of hydrogen-bond acceptors (Lipinski definition) is 4. The zero-order chi connectivity index (χ0) is 18.7. The number of rotatable bonds is 4. The van der Waals surface area contributed by atoms with Crippen molar-refractivity contribution in [1.82, 2.24) is 14.5 Å². The highest BCUT2D eigenvalue weighted by Crippen LogP contribution is 2.26. The molecule has 0 unspecified atom stereocenters. The van der Waals surface area contributed by atoms with Gasteiger partial charge in [-0.05, 0) is 17.5 Å². The van der Waals surface area contributed by atoms with Crippen LogP contribution in [0, 0.1) is 5.41 Å². The van der Waals surface area contributed by atoms with Crippen molar-refractivity contribution >= 4 is 16.1 Å². The van der Waals surface area contributed by atoms with Crippen LogP contribution in [0.1, 0.15) is 20.8 Å². The standard InChI is InChI=1S/C17H27N3O4S/c1-17(2,3)13-18-16(21)19-9-11-20(12-10-19)25(22,23)15-8-6-5-7-14(15)24-4/h5-8H,9-13H2,1-4H3,(H,18,21). The second kappa shape index (κ2) is 7.61. The number of para-hydroxylation sites is 1. The van der Waals surface area contributed by atoms with Crippen molar-refractivity contribution < 1.29 is 17.9 Å². The van der Waals surface area contributed by atoms with E-state index in [1.54, 1.807) is 23.1 Å². The normalized spacial score (nSPS) is 16.6. The van der Waals surface area contributed by atoms with Crippen molar-refractivity contribution in [3.05, 3.63) is 24.3 Å². The number of piperazine rings is 1. The lowest BCUT2D eigenvalue weighted by Crippen LogP contribution is -2.53. The van der Waals surface area contributed by atoms with Crippen LogP contribution < -0.4 is 10.1 Å². The lowest BCUT2D eigenvalue weighted by atomic mass is 9.97. The Morgan fingerprint density at radius 3 is 2.32 bits per heavy atom. The Kier molecular flexibility index (Phi) is 5.95. The fourth-order valence-electron chi connectivity index (χ4n) is 2.56. The maximum Gasteiger partial charge on any atom is 0.317 e. The van der Waals surface area contributed by atoms with Gasteiger partial charge in [0, 0.05) is 32.7 Å². The van der Waals surface area contributed by atoms with Crippen molar-refractivity contribution in [1.29, 1.82) is 0 Å². The molecule has 8 heteroatoms. The Balaban J connectivity index is 2.00. The average molecular weight is 369 g/mol. The third-order valence-corrected chi connectivity index (χ3v) is 5.92. The van der Waals surface area contributed by atoms with E-state index in [0.717, 1.165) is 0 Å². The van der Waals surface area contributed by atoms with Crippen molar-refractivity contribution in [2.75, 3.05) is 39.8 Å². The van der Waals surface area contributed by atoms with Gasteiger partial charge in [-0.25, -0.2) is 13.2 Å². The highest BCUT2D eigenvalue weighted by Gasteiger charge is 2.32. The smallest absolute Gasteiger partial charge is 0.317 e. The van der Waals surface area contributed by atoms with Gasteiger partial charge in [-0.3, -0.25) is 0 Å². The van der Waals surface area contributed by atoms with Crippen LogP contribution in [0.5, 0.6) is 5.75 Å². The quantitative estimate of drug-likeness (QED) is 0.877. The molecule has 1 N–H and O–H groups in total. The minimum Gasteiger partial charge on any atom is -0.495 e. The lowest BCUT2D eigenvalue weighted by molar-refractivity contribution is 0.168. The van der Waals surface area contributed by atoms with E-state index in [1.165, 1.54) is 17.5 Å². The Hall–Kier alpha value is -1.80. The number of benzene rings is 1. The van der Waals surface area contributed by atoms with E-state index in [4.69, 9.17) is 4.74 Å². The van der Waals surface area contributed by atoms with Gasteiger partial charge in [0.05, 0.1) is 7.11 Å². The molecule has 0 radical (unpaired) electrons. The van der Waals surface area contributed by atoms with Crippen molar-refractivity contribution in [2.24, 2.45) is 5.41 Å². The molecule has 0 spiro atoms. The number of nitrogens with zero attached hydrogens (tertiary/aromatic N) is 2. The third-order valence-electron chi connectivity index (χ3n) is 3.98. The van der Waals surface area contributed by atoms with E-state index < -0.39 is 10.0 Å². The lowest BCUT2D eigenvalue weighted by Gasteiger charge is -2.34. The predicted octanol–water partition coefficient (Wildman–Crippen LogP) is 1.76. The summed E-state index contributed by atoms with van der Waals surface area (Å²) in [6.45, 7) is 7.98. The topological polar surface area (TPSA) is 79.0 Å². The number of carbonyl (C=O) groups excluding carboxylic acids is 1. The van der Waals surface area contributed by atoms with Gasteiger partial charge < -0.3 is 15.0 Å². The molecule has 1 saturated heterocycles. The summed E-state index contributed by atoms with van der Waals surface area (Å²) in [7, 11) is -2.19. The first kappa shape index (κ1) is 19.5. The second-order valence-electron chi connectivity index (χ2n) is 7.26. The molecule has 0 bridgehead atoms. The number of ether oxygens (including phenoxy) is 1. The van der Waals surface area contributed by atoms with Crippen LogP contribution >= 0.6 is 0 Å². The number of nitrogens with one attached hydrogen (secondary N) is 1. The highest BCUT2D eigenvalue weighted by atomic mass is 32.2. The van der Waals surface area contributed by atoms with Crippen LogP contribution in [0.15, 0.2) is 29.2 Å². The van der Waals surface area contributed by atoms with Crippen LogP contribution in [0.25, 0.3) is 0 Å². The molecule has 1 aliphatic heterocycles. The summed E-state index contributed by atoms with van der Waals surface area (Å²) < 4.78 is 32.2. The van der Waals surface area contributed by atoms with E-state index in [1.807, 2.05) is 20.8 Å². The van der Waals surface area contributed by atoms with Gasteiger partial charge in [-0.15, -0.1) is 0 Å². The van der Waals surface area contributed by atoms with Crippen LogP contribution in [0.4, 0.5) is 4.79 Å². The first-order chi connectivity index (χ1) is 11.6. The van der Waals surface area contributed by atoms with E-state index in [2.05, 4.69) is 5.32 Å². The summed E-state index contributed by atoms with van der Waals surface area (Å²) in [6.07, 6.45) is 0. The van der Waals surface area contributed by atoms with E-state index in [9.17, 15) is 13.2 Å². The largest absolute Gasteiger partial charge is 0.495 e. The third kappa shape index (κ3) is 4.85. The molecule has 2 rings (SSSR count). The summed E-state index contributed by atoms with van der Waals surface area (Å²) in [5, 5.41) is 2.89. The molecule has 140 valence electrons. The number of hydrogen-bond donors (Lipinski definition) is 1. The minimum absolute atomic E-state index is 0.00465. The van der Waals surface area contributed by atoms with Gasteiger partial charge in [-0.1, -0.05) is 32.9 Å². The van der Waals surface area contributed by atoms with Crippen LogP contribution in [-0.2, 0) is 10.0 Å². The van der Waals surface area contributed by atoms with Crippen LogP contribution in [0.3, 0.4) is 0 Å². The van der Waals surface area contributed by atoms with Crippen LogP contribution in [-0.4, -0.2) is 63.5 Å². The van der Waals surface area contributed by atoms with Gasteiger partial charge in [0.15, 0.2) is 0 Å². The van der Waals surface area contributed by atoms with Crippen molar-refractivity contribution in [2.45, 2.75) is 25.7 Å².